The first-order valence-electron chi connectivity index (χ1n) is 7.84. The van der Waals surface area contributed by atoms with E-state index in [2.05, 4.69) is 15.6 Å². The third-order valence-corrected chi connectivity index (χ3v) is 3.51. The van der Waals surface area contributed by atoms with E-state index in [-0.39, 0.29) is 17.0 Å². The van der Waals surface area contributed by atoms with Gasteiger partial charge >= 0.3 is 0 Å². The highest BCUT2D eigenvalue weighted by Crippen LogP contribution is 2.29. The van der Waals surface area contributed by atoms with Crippen LogP contribution in [0.5, 0.6) is 11.5 Å². The van der Waals surface area contributed by atoms with Gasteiger partial charge in [-0.3, -0.25) is 14.6 Å². The van der Waals surface area contributed by atoms with Crippen molar-refractivity contribution in [3.63, 3.8) is 0 Å². The van der Waals surface area contributed by atoms with Crippen LogP contribution in [0.2, 0.25) is 0 Å². The highest BCUT2D eigenvalue weighted by atomic mass is 16.5. The van der Waals surface area contributed by atoms with Crippen molar-refractivity contribution in [3.05, 3.63) is 47.8 Å². The Morgan fingerprint density at radius 3 is 2.38 bits per heavy atom. The van der Waals surface area contributed by atoms with Crippen molar-refractivity contribution in [2.45, 2.75) is 0 Å². The molecule has 0 spiro atoms. The molecule has 138 valence electrons. The van der Waals surface area contributed by atoms with Crippen LogP contribution in [0.1, 0.15) is 20.7 Å². The minimum Gasteiger partial charge on any atom is -0.497 e. The summed E-state index contributed by atoms with van der Waals surface area (Å²) in [7, 11) is 4.58. The number of hydrogen-bond acceptors (Lipinski definition) is 6. The van der Waals surface area contributed by atoms with Crippen LogP contribution in [0, 0.1) is 0 Å². The Morgan fingerprint density at radius 2 is 1.73 bits per heavy atom. The van der Waals surface area contributed by atoms with Gasteiger partial charge in [0.15, 0.2) is 0 Å². The molecule has 0 aliphatic heterocycles. The van der Waals surface area contributed by atoms with E-state index in [1.54, 1.807) is 25.3 Å². The predicted molar refractivity (Wildman–Crippen MR) is 95.9 cm³/mol. The second-order valence-corrected chi connectivity index (χ2v) is 5.23. The summed E-state index contributed by atoms with van der Waals surface area (Å²) < 4.78 is 15.3. The van der Waals surface area contributed by atoms with Gasteiger partial charge in [-0.15, -0.1) is 0 Å². The quantitative estimate of drug-likeness (QED) is 0.697. The van der Waals surface area contributed by atoms with Crippen molar-refractivity contribution >= 4 is 17.5 Å². The molecule has 8 nitrogen and oxygen atoms in total. The molecule has 0 fully saturated rings. The second kappa shape index (κ2) is 9.38. The summed E-state index contributed by atoms with van der Waals surface area (Å²) in [5, 5.41) is 5.41. The first-order chi connectivity index (χ1) is 12.6. The van der Waals surface area contributed by atoms with Crippen molar-refractivity contribution in [2.24, 2.45) is 0 Å². The molecule has 8 heteroatoms. The normalized spacial score (nSPS) is 10.1. The average Bonchev–Trinajstić information content (AvgIpc) is 2.68. The molecule has 1 heterocycles. The lowest BCUT2D eigenvalue weighted by molar-refractivity contribution is 0.0936. The van der Waals surface area contributed by atoms with Gasteiger partial charge in [-0.2, -0.15) is 0 Å². The van der Waals surface area contributed by atoms with E-state index in [4.69, 9.17) is 14.2 Å². The van der Waals surface area contributed by atoms with Crippen molar-refractivity contribution < 1.29 is 23.8 Å². The minimum absolute atomic E-state index is 0.245. The molecule has 2 rings (SSSR count). The van der Waals surface area contributed by atoms with Crippen molar-refractivity contribution in [1.29, 1.82) is 0 Å². The molecule has 26 heavy (non-hydrogen) atoms. The molecule has 0 atom stereocenters. The number of nitrogens with one attached hydrogen (secondary N) is 2. The average molecular weight is 359 g/mol. The third-order valence-electron chi connectivity index (χ3n) is 3.51. The predicted octanol–water partition coefficient (Wildman–Crippen LogP) is 1.73. The minimum atomic E-state index is -0.421. The van der Waals surface area contributed by atoms with Crippen molar-refractivity contribution in [2.75, 3.05) is 39.8 Å². The van der Waals surface area contributed by atoms with Gasteiger partial charge in [0.2, 0.25) is 0 Å². The zero-order chi connectivity index (χ0) is 18.9. The Kier molecular flexibility index (Phi) is 6.92. The second-order valence-electron chi connectivity index (χ2n) is 5.23. The molecule has 0 saturated carbocycles. The summed E-state index contributed by atoms with van der Waals surface area (Å²) in [6, 6.07) is 6.52. The number of amides is 2. The maximum atomic E-state index is 12.5. The largest absolute Gasteiger partial charge is 0.497 e. The molecule has 2 aromatic rings. The summed E-state index contributed by atoms with van der Waals surface area (Å²) >= 11 is 0. The maximum Gasteiger partial charge on any atom is 0.257 e. The molecule has 0 aliphatic rings. The Labute approximate surface area is 151 Å². The van der Waals surface area contributed by atoms with Crippen molar-refractivity contribution in [3.8, 4) is 11.5 Å². The van der Waals surface area contributed by atoms with Gasteiger partial charge in [-0.05, 0) is 18.2 Å². The van der Waals surface area contributed by atoms with Gasteiger partial charge in [-0.1, -0.05) is 0 Å². The SMILES string of the molecule is COCCNC(=O)c1cncc(C(=O)Nc2cc(OC)ccc2OC)c1. The maximum absolute atomic E-state index is 12.5. The number of benzene rings is 1. The van der Waals surface area contributed by atoms with Crippen LogP contribution in [0.15, 0.2) is 36.7 Å². The number of methoxy groups -OCH3 is 3. The fourth-order valence-electron chi connectivity index (χ4n) is 2.16. The van der Waals surface area contributed by atoms with E-state index in [9.17, 15) is 9.59 Å². The van der Waals surface area contributed by atoms with Crippen LogP contribution in [0.3, 0.4) is 0 Å². The van der Waals surface area contributed by atoms with Crippen LogP contribution in [0.25, 0.3) is 0 Å². The van der Waals surface area contributed by atoms with E-state index in [0.717, 1.165) is 0 Å². The van der Waals surface area contributed by atoms with Crippen LogP contribution in [-0.2, 0) is 4.74 Å². The number of nitrogens with zero attached hydrogens (tertiary/aromatic N) is 1. The van der Waals surface area contributed by atoms with Crippen LogP contribution < -0.4 is 20.1 Å². The summed E-state index contributed by atoms with van der Waals surface area (Å²) in [5.74, 6) is 0.310. The summed E-state index contributed by atoms with van der Waals surface area (Å²) in [6.45, 7) is 0.766. The summed E-state index contributed by atoms with van der Waals surface area (Å²) in [5.41, 5.74) is 0.979. The van der Waals surface area contributed by atoms with Gasteiger partial charge in [-0.25, -0.2) is 0 Å². The number of pyridine rings is 1. The first-order valence-corrected chi connectivity index (χ1v) is 7.84. The van der Waals surface area contributed by atoms with Crippen LogP contribution in [-0.4, -0.2) is 51.3 Å². The lowest BCUT2D eigenvalue weighted by Crippen LogP contribution is -2.27. The number of carbonyl (C=O) groups is 2. The highest BCUT2D eigenvalue weighted by molar-refractivity contribution is 6.06. The molecular formula is C18H21N3O5. The Balaban J connectivity index is 2.15. The summed E-state index contributed by atoms with van der Waals surface area (Å²) in [6.07, 6.45) is 2.78. The molecule has 0 radical (unpaired) electrons. The third kappa shape index (κ3) is 4.93. The number of ether oxygens (including phenoxy) is 3. The topological polar surface area (TPSA) is 98.8 Å². The monoisotopic (exact) mass is 359 g/mol. The van der Waals surface area contributed by atoms with Gasteiger partial charge in [0.1, 0.15) is 11.5 Å². The molecule has 0 saturated heterocycles. The zero-order valence-corrected chi connectivity index (χ0v) is 14.9. The molecule has 0 unspecified atom stereocenters. The van der Waals surface area contributed by atoms with Crippen LogP contribution >= 0.6 is 0 Å². The van der Waals surface area contributed by atoms with Crippen molar-refractivity contribution in [1.82, 2.24) is 10.3 Å². The Bertz CT molecular complexity index is 779. The number of anilines is 1. The Hall–Kier alpha value is -3.13. The zero-order valence-electron chi connectivity index (χ0n) is 14.9. The molecule has 1 aromatic carbocycles. The number of aromatic nitrogens is 1. The number of rotatable bonds is 8. The fraction of sp³-hybridized carbons (Fsp3) is 0.278. The van der Waals surface area contributed by atoms with E-state index < -0.39 is 5.91 Å². The van der Waals surface area contributed by atoms with Gasteiger partial charge < -0.3 is 24.8 Å². The van der Waals surface area contributed by atoms with Gasteiger partial charge in [0.25, 0.3) is 11.8 Å². The lowest BCUT2D eigenvalue weighted by Gasteiger charge is -2.12. The van der Waals surface area contributed by atoms with Gasteiger partial charge in [0.05, 0.1) is 37.6 Å². The number of carbonyl (C=O) groups excluding carboxylic acids is 2. The standard InChI is InChI=1S/C18H21N3O5/c1-24-7-6-20-17(22)12-8-13(11-19-10-12)18(23)21-15-9-14(25-2)4-5-16(15)26-3/h4-5,8-11H,6-7H2,1-3H3,(H,20,22)(H,21,23). The molecule has 2 N–H and O–H groups in total. The van der Waals surface area contributed by atoms with E-state index in [1.165, 1.54) is 32.7 Å². The van der Waals surface area contributed by atoms with E-state index in [1.807, 2.05) is 0 Å². The van der Waals surface area contributed by atoms with E-state index in [0.29, 0.717) is 30.3 Å². The molecule has 1 aromatic heterocycles. The smallest absolute Gasteiger partial charge is 0.257 e. The number of hydrogen-bond donors (Lipinski definition) is 2. The first kappa shape index (κ1) is 19.2. The molecule has 0 aliphatic carbocycles. The van der Waals surface area contributed by atoms with Crippen LogP contribution in [0.4, 0.5) is 5.69 Å². The van der Waals surface area contributed by atoms with Gasteiger partial charge in [0, 0.05) is 32.1 Å². The Morgan fingerprint density at radius 1 is 1.00 bits per heavy atom. The molecular weight excluding hydrogens is 338 g/mol. The van der Waals surface area contributed by atoms with E-state index >= 15 is 0 Å². The lowest BCUT2D eigenvalue weighted by atomic mass is 10.1. The fourth-order valence-corrected chi connectivity index (χ4v) is 2.16. The highest BCUT2D eigenvalue weighted by Gasteiger charge is 2.14. The molecule has 2 amide bonds. The molecule has 0 bridgehead atoms. The summed E-state index contributed by atoms with van der Waals surface area (Å²) in [4.78, 5) is 28.5.